The Morgan fingerprint density at radius 1 is 0.379 bits per heavy atom. The zero-order valence-corrected chi connectivity index (χ0v) is 42.7. The van der Waals surface area contributed by atoms with Crippen LogP contribution in [0.15, 0.2) is 48.5 Å². The molecule has 66 heavy (non-hydrogen) atoms. The Balaban J connectivity index is 0.00000121. The van der Waals surface area contributed by atoms with E-state index in [0.29, 0.717) is 28.7 Å². The van der Waals surface area contributed by atoms with Gasteiger partial charge in [0.25, 0.3) is 0 Å². The topological polar surface area (TPSA) is 148 Å². The maximum Gasteiger partial charge on any atom is 0.337 e. The van der Waals surface area contributed by atoms with E-state index in [-0.39, 0.29) is 5.91 Å². The van der Waals surface area contributed by atoms with Crippen molar-refractivity contribution < 1.29 is 42.9 Å². The molecule has 2 aromatic carbocycles. The van der Waals surface area contributed by atoms with Gasteiger partial charge in [-0.1, -0.05) is 213 Å². The molecule has 0 aliphatic heterocycles. The number of carbonyl (C=O) groups is 5. The lowest BCUT2D eigenvalue weighted by atomic mass is 9.78. The largest absolute Gasteiger partial charge is 0.465 e. The summed E-state index contributed by atoms with van der Waals surface area (Å²) in [4.78, 5) is 55.4. The molecule has 0 saturated heterocycles. The quantitative estimate of drug-likeness (QED) is 0.0400. The summed E-state index contributed by atoms with van der Waals surface area (Å²) in [5.41, 5.74) is 6.63. The van der Waals surface area contributed by atoms with Crippen molar-refractivity contribution in [1.29, 1.82) is 0 Å². The van der Waals surface area contributed by atoms with Gasteiger partial charge in [-0.15, -0.1) is 0 Å². The first kappa shape index (κ1) is 61.8. The lowest BCUT2D eigenvalue weighted by Gasteiger charge is -2.28. The van der Waals surface area contributed by atoms with Crippen LogP contribution >= 0.6 is 0 Å². The maximum absolute atomic E-state index is 11.1. The predicted molar refractivity (Wildman–Crippen MR) is 270 cm³/mol. The number of carbonyl (C=O) groups excluding carboxylic acids is 5. The van der Waals surface area contributed by atoms with Crippen LogP contribution < -0.4 is 5.73 Å². The van der Waals surface area contributed by atoms with Gasteiger partial charge in [0.05, 0.1) is 50.7 Å². The second kappa shape index (κ2) is 43.4. The molecule has 0 radical (unpaired) electrons. The number of hydrogen-bond donors (Lipinski definition) is 1. The van der Waals surface area contributed by atoms with E-state index in [1.165, 1.54) is 220 Å². The van der Waals surface area contributed by atoms with Crippen LogP contribution in [0.4, 0.5) is 0 Å². The van der Waals surface area contributed by atoms with E-state index in [1.54, 1.807) is 36.4 Å². The average Bonchev–Trinajstić information content (AvgIpc) is 3.34. The van der Waals surface area contributed by atoms with E-state index < -0.39 is 23.9 Å². The molecular weight excluding hydrogens is 831 g/mol. The molecule has 0 fully saturated rings. The fourth-order valence-electron chi connectivity index (χ4n) is 8.40. The molecule has 0 bridgehead atoms. The fraction of sp³-hybridized carbons (Fsp3) is 0.696. The number of methoxy groups -OCH3 is 4. The van der Waals surface area contributed by atoms with Crippen LogP contribution in [0.3, 0.4) is 0 Å². The SMILES string of the molecule is CCCCCCCCCC(CCCCCCCC)C(CCCCCCCCC)CCCCCCCC(N)=O.COC(=O)c1cccc(C(=O)OC)c1.COC(=O)c1cccc(C(=O)OC)c1. The Kier molecular flexibility index (Phi) is 40.6. The van der Waals surface area contributed by atoms with Gasteiger partial charge in [-0.3, -0.25) is 4.79 Å². The van der Waals surface area contributed by atoms with Crippen molar-refractivity contribution >= 4 is 29.8 Å². The summed E-state index contributed by atoms with van der Waals surface area (Å²) in [5.74, 6) is -0.126. The van der Waals surface area contributed by atoms with Crippen LogP contribution in [0.1, 0.15) is 255 Å². The van der Waals surface area contributed by atoms with Gasteiger partial charge in [0, 0.05) is 6.42 Å². The van der Waals surface area contributed by atoms with Gasteiger partial charge in [-0.05, 0) is 54.7 Å². The molecule has 0 saturated carbocycles. The Labute approximate surface area is 401 Å². The van der Waals surface area contributed by atoms with Crippen LogP contribution in [0.2, 0.25) is 0 Å². The highest BCUT2D eigenvalue weighted by Crippen LogP contribution is 2.34. The summed E-state index contributed by atoms with van der Waals surface area (Å²) in [5, 5.41) is 0. The summed E-state index contributed by atoms with van der Waals surface area (Å²) in [6, 6.07) is 12.3. The van der Waals surface area contributed by atoms with Crippen molar-refractivity contribution in [3.05, 3.63) is 70.8 Å². The summed E-state index contributed by atoms with van der Waals surface area (Å²) < 4.78 is 18.1. The van der Waals surface area contributed by atoms with Gasteiger partial charge >= 0.3 is 23.9 Å². The standard InChI is InChI=1S/C36H73NO.2C10H10O4/c1-4-7-10-13-16-20-25-30-34(29-24-19-15-12-9-6-3)35(31-26-21-17-14-11-8-5-2)32-27-22-18-23-28-33-36(37)38;2*1-13-9(11)7-4-3-5-8(6-7)10(12)14-2/h34-35H,4-33H2,1-3H3,(H2,37,38);2*3-6H,1-2H3. The zero-order valence-electron chi connectivity index (χ0n) is 42.7. The molecule has 0 spiro atoms. The Bertz CT molecular complexity index is 1410. The van der Waals surface area contributed by atoms with Crippen LogP contribution in [-0.2, 0) is 23.7 Å². The van der Waals surface area contributed by atoms with Crippen LogP contribution in [0, 0.1) is 11.8 Å². The van der Waals surface area contributed by atoms with E-state index in [9.17, 15) is 24.0 Å². The first-order valence-electron chi connectivity index (χ1n) is 25.8. The normalized spacial score (nSPS) is 11.5. The summed E-state index contributed by atoms with van der Waals surface area (Å²) in [6.07, 6.45) is 41.3. The molecule has 0 aromatic heterocycles. The van der Waals surface area contributed by atoms with Crippen molar-refractivity contribution in [3.63, 3.8) is 0 Å². The van der Waals surface area contributed by atoms with E-state index in [1.807, 2.05) is 0 Å². The van der Waals surface area contributed by atoms with E-state index in [2.05, 4.69) is 39.7 Å². The number of benzene rings is 2. The second-order valence-electron chi connectivity index (χ2n) is 17.8. The number of amides is 1. The highest BCUT2D eigenvalue weighted by Gasteiger charge is 2.21. The van der Waals surface area contributed by atoms with Crippen molar-refractivity contribution in [2.24, 2.45) is 17.6 Å². The molecular formula is C56H93NO9. The first-order valence-corrected chi connectivity index (χ1v) is 25.8. The highest BCUT2D eigenvalue weighted by molar-refractivity contribution is 5.96. The molecule has 2 unspecified atom stereocenters. The van der Waals surface area contributed by atoms with Crippen molar-refractivity contribution in [2.45, 2.75) is 213 Å². The highest BCUT2D eigenvalue weighted by atomic mass is 16.5. The number of hydrogen-bond acceptors (Lipinski definition) is 9. The van der Waals surface area contributed by atoms with Crippen LogP contribution in [-0.4, -0.2) is 58.2 Å². The summed E-state index contributed by atoms with van der Waals surface area (Å²) in [6.45, 7) is 6.96. The van der Waals surface area contributed by atoms with Crippen LogP contribution in [0.5, 0.6) is 0 Å². The van der Waals surface area contributed by atoms with Gasteiger partial charge in [0.15, 0.2) is 0 Å². The van der Waals surface area contributed by atoms with Gasteiger partial charge in [0.2, 0.25) is 5.91 Å². The zero-order chi connectivity index (χ0) is 49.0. The van der Waals surface area contributed by atoms with Gasteiger partial charge in [-0.25, -0.2) is 19.2 Å². The molecule has 0 heterocycles. The minimum atomic E-state index is -0.476. The monoisotopic (exact) mass is 924 g/mol. The third-order valence-corrected chi connectivity index (χ3v) is 12.4. The fourth-order valence-corrected chi connectivity index (χ4v) is 8.40. The number of nitrogens with two attached hydrogens (primary N) is 1. The van der Waals surface area contributed by atoms with Gasteiger partial charge in [0.1, 0.15) is 0 Å². The summed E-state index contributed by atoms with van der Waals surface area (Å²) in [7, 11) is 5.14. The lowest BCUT2D eigenvalue weighted by Crippen LogP contribution is -2.16. The second-order valence-corrected chi connectivity index (χ2v) is 17.8. The third-order valence-electron chi connectivity index (χ3n) is 12.4. The number of ether oxygens (including phenoxy) is 4. The van der Waals surface area contributed by atoms with Crippen molar-refractivity contribution in [1.82, 2.24) is 0 Å². The molecule has 2 N–H and O–H groups in total. The number of primary amides is 1. The minimum Gasteiger partial charge on any atom is -0.465 e. The van der Waals surface area contributed by atoms with E-state index in [4.69, 9.17) is 5.73 Å². The molecule has 2 rings (SSSR count). The van der Waals surface area contributed by atoms with E-state index >= 15 is 0 Å². The Hall–Kier alpha value is -4.21. The van der Waals surface area contributed by atoms with E-state index in [0.717, 1.165) is 18.3 Å². The molecule has 1 amide bonds. The van der Waals surface area contributed by atoms with Crippen molar-refractivity contribution in [3.8, 4) is 0 Å². The molecule has 10 nitrogen and oxygen atoms in total. The predicted octanol–water partition coefficient (Wildman–Crippen LogP) is 15.0. The Morgan fingerprint density at radius 2 is 0.606 bits per heavy atom. The number of esters is 4. The van der Waals surface area contributed by atoms with Gasteiger partial charge in [-0.2, -0.15) is 0 Å². The Morgan fingerprint density at radius 3 is 0.833 bits per heavy atom. The average molecular weight is 924 g/mol. The first-order chi connectivity index (χ1) is 32.0. The third kappa shape index (κ3) is 32.5. The van der Waals surface area contributed by atoms with Gasteiger partial charge < -0.3 is 24.7 Å². The smallest absolute Gasteiger partial charge is 0.337 e. The molecule has 0 aliphatic rings. The summed E-state index contributed by atoms with van der Waals surface area (Å²) >= 11 is 0. The molecule has 2 atom stereocenters. The lowest BCUT2D eigenvalue weighted by molar-refractivity contribution is -0.118. The number of unbranched alkanes of at least 4 members (excludes halogenated alkanes) is 21. The number of rotatable bonds is 36. The molecule has 376 valence electrons. The molecule has 0 aliphatic carbocycles. The maximum atomic E-state index is 11.1. The molecule has 2 aromatic rings. The van der Waals surface area contributed by atoms with Crippen LogP contribution in [0.25, 0.3) is 0 Å². The van der Waals surface area contributed by atoms with Crippen molar-refractivity contribution in [2.75, 3.05) is 28.4 Å². The minimum absolute atomic E-state index is 0.136. The molecule has 10 heteroatoms.